The Hall–Kier alpha value is -5.22. The van der Waals surface area contributed by atoms with Gasteiger partial charge >= 0.3 is 0 Å². The third kappa shape index (κ3) is 6.48. The molecule has 1 N–H and O–H groups in total. The van der Waals surface area contributed by atoms with Crippen LogP contribution in [0.5, 0.6) is 0 Å². The summed E-state index contributed by atoms with van der Waals surface area (Å²) in [6.07, 6.45) is 1.63. The molecule has 1 aliphatic rings. The lowest BCUT2D eigenvalue weighted by Gasteiger charge is -2.24. The number of nitrogens with one attached hydrogen (secondary N) is 1. The van der Waals surface area contributed by atoms with Crippen molar-refractivity contribution >= 4 is 63.8 Å². The Kier molecular flexibility index (Phi) is 8.81. The van der Waals surface area contributed by atoms with Crippen molar-refractivity contribution in [3.8, 4) is 17.1 Å². The number of aromatic nitrogens is 2. The van der Waals surface area contributed by atoms with E-state index in [4.69, 9.17) is 28.2 Å². The Morgan fingerprint density at radius 3 is 2.33 bits per heavy atom. The van der Waals surface area contributed by atoms with E-state index in [0.717, 1.165) is 11.1 Å². The highest BCUT2D eigenvalue weighted by Crippen LogP contribution is 2.45. The molecule has 7 nitrogen and oxygen atoms in total. The minimum absolute atomic E-state index is 0.247. The van der Waals surface area contributed by atoms with Crippen molar-refractivity contribution in [2.24, 2.45) is 0 Å². The van der Waals surface area contributed by atoms with Gasteiger partial charge in [0.1, 0.15) is 17.0 Å². The first-order valence-corrected chi connectivity index (χ1v) is 16.7. The molecule has 7 rings (SSSR count). The van der Waals surface area contributed by atoms with Crippen LogP contribution in [-0.2, 0) is 4.79 Å². The van der Waals surface area contributed by atoms with Gasteiger partial charge in [-0.3, -0.25) is 24.4 Å². The van der Waals surface area contributed by atoms with Gasteiger partial charge in [-0.1, -0.05) is 95.1 Å². The van der Waals surface area contributed by atoms with Crippen LogP contribution in [0.25, 0.3) is 34.1 Å². The summed E-state index contributed by atoms with van der Waals surface area (Å²) in [7, 11) is 0. The average Bonchev–Trinajstić information content (AvgIpc) is 3.40. The first-order chi connectivity index (χ1) is 23.7. The van der Waals surface area contributed by atoms with E-state index in [1.807, 2.05) is 37.3 Å². The molecule has 1 saturated heterocycles. The van der Waals surface area contributed by atoms with Gasteiger partial charge in [-0.05, 0) is 84.8 Å². The highest BCUT2D eigenvalue weighted by atomic mass is 35.5. The summed E-state index contributed by atoms with van der Waals surface area (Å²) in [4.78, 5) is 46.3. The van der Waals surface area contributed by atoms with Gasteiger partial charge in [0.15, 0.2) is 0 Å². The van der Waals surface area contributed by atoms with Crippen LogP contribution in [0.3, 0.4) is 0 Å². The second-order valence-corrected chi connectivity index (χ2v) is 13.3. The summed E-state index contributed by atoms with van der Waals surface area (Å²) in [6, 6.07) is 32.0. The average molecular weight is 708 g/mol. The zero-order chi connectivity index (χ0) is 34.2. The number of carbonyl (C=O) groups excluding carboxylic acids is 2. The van der Waals surface area contributed by atoms with Crippen molar-refractivity contribution in [1.82, 2.24) is 20.0 Å². The van der Waals surface area contributed by atoms with Crippen molar-refractivity contribution < 1.29 is 14.0 Å². The smallest absolute Gasteiger partial charge is 0.268 e. The Morgan fingerprint density at radius 2 is 1.61 bits per heavy atom. The molecule has 1 aliphatic heterocycles. The maximum absolute atomic E-state index is 13.8. The third-order valence-electron chi connectivity index (χ3n) is 8.00. The van der Waals surface area contributed by atoms with Gasteiger partial charge in [0.25, 0.3) is 17.4 Å². The molecule has 49 heavy (non-hydrogen) atoms. The first-order valence-electron chi connectivity index (χ1n) is 15.1. The van der Waals surface area contributed by atoms with Crippen LogP contribution in [0.15, 0.2) is 125 Å². The zero-order valence-electron chi connectivity index (χ0n) is 25.7. The maximum Gasteiger partial charge on any atom is 0.280 e. The lowest BCUT2D eigenvalue weighted by atomic mass is 10.1. The number of aryl methyl sites for hydroxylation is 1. The van der Waals surface area contributed by atoms with E-state index in [9.17, 15) is 18.8 Å². The second kappa shape index (κ2) is 13.4. The number of benzene rings is 5. The summed E-state index contributed by atoms with van der Waals surface area (Å²) >= 11 is 13.6. The number of para-hydroxylation sites is 1. The second-order valence-electron chi connectivity index (χ2n) is 11.3. The third-order valence-corrected chi connectivity index (χ3v) is 9.82. The maximum atomic E-state index is 13.8. The number of halogens is 3. The summed E-state index contributed by atoms with van der Waals surface area (Å²) in [6.45, 7) is 1.98. The number of thioether (sulfide) groups is 1. The molecule has 1 fully saturated rings. The summed E-state index contributed by atoms with van der Waals surface area (Å²) < 4.78 is 15.3. The van der Waals surface area contributed by atoms with Crippen LogP contribution in [0, 0.1) is 12.7 Å². The topological polar surface area (TPSA) is 84.3 Å². The fourth-order valence-corrected chi connectivity index (χ4v) is 7.11. The summed E-state index contributed by atoms with van der Waals surface area (Å²) in [5.41, 5.74) is 6.83. The van der Waals surface area contributed by atoms with Crippen LogP contribution in [0.4, 0.5) is 4.39 Å². The monoisotopic (exact) mass is 706 g/mol. The van der Waals surface area contributed by atoms with E-state index in [0.29, 0.717) is 48.5 Å². The minimum atomic E-state index is -0.687. The number of amides is 2. The molecule has 1 atom stereocenters. The molecule has 6 aromatic rings. The van der Waals surface area contributed by atoms with E-state index >= 15 is 0 Å². The van der Waals surface area contributed by atoms with Gasteiger partial charge in [0.2, 0.25) is 0 Å². The molecule has 1 unspecified atom stereocenters. The number of hydrogen-bond donors (Lipinski definition) is 1. The van der Waals surface area contributed by atoms with Crippen molar-refractivity contribution in [3.63, 3.8) is 0 Å². The van der Waals surface area contributed by atoms with Gasteiger partial charge in [-0.15, -0.1) is 0 Å². The molecule has 11 heteroatoms. The molecule has 0 spiro atoms. The number of hydrogen-bond acceptors (Lipinski definition) is 5. The first kappa shape index (κ1) is 32.3. The highest BCUT2D eigenvalue weighted by Gasteiger charge is 2.39. The molecule has 0 saturated carbocycles. The minimum Gasteiger partial charge on any atom is -0.268 e. The largest absolute Gasteiger partial charge is 0.280 e. The molecule has 0 radical (unpaired) electrons. The number of rotatable bonds is 6. The van der Waals surface area contributed by atoms with Crippen LogP contribution >= 0.6 is 35.0 Å². The number of nitrogens with zero attached hydrogens (tertiary/aromatic N) is 3. The SMILES string of the molecule is Cc1ccc(-c2nc3ccccc3c(=O)n2-c2ccc(C(=O)NN3C(=O)/C(=C\c4ccc(Cl)cc4Cl)SC3c3ccc(F)cc3)cc2)cc1. The standard InChI is InChI=1S/C38H25Cl2FN4O3S/c1-22-6-8-23(9-7-22)34-42-32-5-3-2-4-30(32)36(47)44(34)29-18-13-24(14-19-29)35(46)43-45-37(48)33(20-26-10-15-27(39)21-31(26)40)49-38(45)25-11-16-28(41)17-12-25/h2-21,38H,1H3,(H,43,46)/b33-20+. The van der Waals surface area contributed by atoms with Crippen LogP contribution in [0.2, 0.25) is 10.0 Å². The number of fused-ring (bicyclic) bond motifs is 1. The molecule has 0 aliphatic carbocycles. The summed E-state index contributed by atoms with van der Waals surface area (Å²) in [5.74, 6) is -0.987. The Morgan fingerprint density at radius 1 is 0.898 bits per heavy atom. The summed E-state index contributed by atoms with van der Waals surface area (Å²) in [5, 5.41) is 1.81. The van der Waals surface area contributed by atoms with E-state index in [1.54, 1.807) is 78.9 Å². The number of carbonyl (C=O) groups is 2. The lowest BCUT2D eigenvalue weighted by Crippen LogP contribution is -2.44. The Bertz CT molecular complexity index is 2340. The van der Waals surface area contributed by atoms with E-state index < -0.39 is 23.0 Å². The van der Waals surface area contributed by atoms with E-state index in [-0.39, 0.29) is 11.1 Å². The fourth-order valence-electron chi connectivity index (χ4n) is 5.46. The van der Waals surface area contributed by atoms with Gasteiger partial charge in [0.05, 0.1) is 21.5 Å². The van der Waals surface area contributed by atoms with E-state index in [2.05, 4.69) is 5.43 Å². The van der Waals surface area contributed by atoms with Gasteiger partial charge in [-0.2, -0.15) is 0 Å². The van der Waals surface area contributed by atoms with Crippen molar-refractivity contribution in [3.05, 3.63) is 169 Å². The molecular weight excluding hydrogens is 682 g/mol. The van der Waals surface area contributed by atoms with Gasteiger partial charge in [0, 0.05) is 21.2 Å². The number of hydrazine groups is 1. The quantitative estimate of drug-likeness (QED) is 0.175. The molecular formula is C38H25Cl2FN4O3S. The molecule has 242 valence electrons. The normalized spacial score (nSPS) is 15.3. The van der Waals surface area contributed by atoms with E-state index in [1.165, 1.54) is 33.5 Å². The van der Waals surface area contributed by atoms with Crippen LogP contribution < -0.4 is 11.0 Å². The Balaban J connectivity index is 1.22. The van der Waals surface area contributed by atoms with Crippen molar-refractivity contribution in [1.29, 1.82) is 0 Å². The van der Waals surface area contributed by atoms with Crippen molar-refractivity contribution in [2.45, 2.75) is 12.3 Å². The Labute approximate surface area is 294 Å². The van der Waals surface area contributed by atoms with Crippen molar-refractivity contribution in [2.75, 3.05) is 0 Å². The zero-order valence-corrected chi connectivity index (χ0v) is 28.1. The molecule has 2 amide bonds. The fraction of sp³-hybridized carbons (Fsp3) is 0.0526. The van der Waals surface area contributed by atoms with Crippen LogP contribution in [-0.4, -0.2) is 26.4 Å². The van der Waals surface area contributed by atoms with Gasteiger partial charge < -0.3 is 0 Å². The molecule has 1 aromatic heterocycles. The molecule has 0 bridgehead atoms. The highest BCUT2D eigenvalue weighted by molar-refractivity contribution is 8.04. The van der Waals surface area contributed by atoms with Crippen LogP contribution in [0.1, 0.15) is 32.4 Å². The predicted molar refractivity (Wildman–Crippen MR) is 193 cm³/mol. The molecule has 5 aromatic carbocycles. The predicted octanol–water partition coefficient (Wildman–Crippen LogP) is 8.77. The molecule has 2 heterocycles. The lowest BCUT2D eigenvalue weighted by molar-refractivity contribution is -0.128. The van der Waals surface area contributed by atoms with Gasteiger partial charge in [-0.25, -0.2) is 14.4 Å².